The number of rotatable bonds is 3. The van der Waals surface area contributed by atoms with Gasteiger partial charge < -0.3 is 11.5 Å². The Labute approximate surface area is 102 Å². The second kappa shape index (κ2) is 4.74. The molecule has 86 valence electrons. The number of nitrogen functional groups attached to an aromatic ring is 2. The third-order valence-corrected chi connectivity index (χ3v) is 2.72. The predicted octanol–water partition coefficient (Wildman–Crippen LogP) is 3.25. The normalized spacial score (nSPS) is 10.1. The van der Waals surface area contributed by atoms with Crippen molar-refractivity contribution in [3.05, 3.63) is 60.7 Å². The summed E-state index contributed by atoms with van der Waals surface area (Å²) in [6.07, 6.45) is 2.69. The first-order chi connectivity index (χ1) is 8.20. The van der Waals surface area contributed by atoms with Gasteiger partial charge in [-0.3, -0.25) is 0 Å². The topological polar surface area (TPSA) is 52.0 Å². The smallest absolute Gasteiger partial charge is 0.0317 e. The minimum absolute atomic E-state index is 0.773. The standard InChI is InChI=1S/C15H16N2/c1-2-3-12-10-14(17)8-9-15(12)11-4-6-13(16)7-5-11/h2,4-10H,1,3,16-17H2. The van der Waals surface area contributed by atoms with Gasteiger partial charge in [-0.05, 0) is 47.4 Å². The molecule has 0 amide bonds. The molecule has 0 aliphatic rings. The molecular formula is C15H16N2. The monoisotopic (exact) mass is 224 g/mol. The molecule has 2 aromatic rings. The zero-order valence-corrected chi connectivity index (χ0v) is 9.69. The van der Waals surface area contributed by atoms with Crippen LogP contribution in [0, 0.1) is 0 Å². The number of benzene rings is 2. The number of nitrogens with two attached hydrogens (primary N) is 2. The van der Waals surface area contributed by atoms with Gasteiger partial charge in [0.25, 0.3) is 0 Å². The van der Waals surface area contributed by atoms with Crippen LogP contribution < -0.4 is 11.5 Å². The molecule has 0 saturated carbocycles. The first kappa shape index (κ1) is 11.3. The summed E-state index contributed by atoms with van der Waals surface area (Å²) >= 11 is 0. The van der Waals surface area contributed by atoms with E-state index in [-0.39, 0.29) is 0 Å². The van der Waals surface area contributed by atoms with Gasteiger partial charge in [0.1, 0.15) is 0 Å². The van der Waals surface area contributed by atoms with Gasteiger partial charge >= 0.3 is 0 Å². The molecule has 2 nitrogen and oxygen atoms in total. The minimum Gasteiger partial charge on any atom is -0.399 e. The molecule has 0 unspecified atom stereocenters. The number of anilines is 2. The van der Waals surface area contributed by atoms with Crippen molar-refractivity contribution in [2.75, 3.05) is 11.5 Å². The molecule has 0 bridgehead atoms. The lowest BCUT2D eigenvalue weighted by Crippen LogP contribution is -1.92. The predicted molar refractivity (Wildman–Crippen MR) is 74.6 cm³/mol. The van der Waals surface area contributed by atoms with E-state index in [1.807, 2.05) is 48.5 Å². The van der Waals surface area contributed by atoms with E-state index in [9.17, 15) is 0 Å². The van der Waals surface area contributed by atoms with Crippen LogP contribution in [0.2, 0.25) is 0 Å². The maximum Gasteiger partial charge on any atom is 0.0317 e. The van der Waals surface area contributed by atoms with Crippen molar-refractivity contribution < 1.29 is 0 Å². The molecule has 0 spiro atoms. The Kier molecular flexibility index (Phi) is 3.15. The Morgan fingerprint density at radius 1 is 0.941 bits per heavy atom. The highest BCUT2D eigenvalue weighted by Crippen LogP contribution is 2.27. The first-order valence-electron chi connectivity index (χ1n) is 5.56. The molecule has 0 radical (unpaired) electrons. The van der Waals surface area contributed by atoms with Crippen LogP contribution in [0.15, 0.2) is 55.1 Å². The van der Waals surface area contributed by atoms with Crippen LogP contribution in [0.25, 0.3) is 11.1 Å². The van der Waals surface area contributed by atoms with E-state index in [0.29, 0.717) is 0 Å². The Bertz CT molecular complexity index is 527. The van der Waals surface area contributed by atoms with Crippen LogP contribution in [0.3, 0.4) is 0 Å². The van der Waals surface area contributed by atoms with Gasteiger partial charge in [-0.1, -0.05) is 24.3 Å². The maximum atomic E-state index is 5.81. The first-order valence-corrected chi connectivity index (χ1v) is 5.56. The van der Waals surface area contributed by atoms with Crippen LogP contribution in [0.1, 0.15) is 5.56 Å². The summed E-state index contributed by atoms with van der Waals surface area (Å²) in [6, 6.07) is 13.8. The van der Waals surface area contributed by atoms with Crippen molar-refractivity contribution in [1.29, 1.82) is 0 Å². The van der Waals surface area contributed by atoms with Gasteiger partial charge in [-0.25, -0.2) is 0 Å². The number of hydrogen-bond donors (Lipinski definition) is 2. The molecule has 0 saturated heterocycles. The van der Waals surface area contributed by atoms with E-state index < -0.39 is 0 Å². The van der Waals surface area contributed by atoms with Crippen molar-refractivity contribution >= 4 is 11.4 Å². The summed E-state index contributed by atoms with van der Waals surface area (Å²) in [4.78, 5) is 0. The largest absolute Gasteiger partial charge is 0.399 e. The van der Waals surface area contributed by atoms with Gasteiger partial charge in [0.15, 0.2) is 0 Å². The summed E-state index contributed by atoms with van der Waals surface area (Å²) in [6.45, 7) is 3.77. The van der Waals surface area contributed by atoms with E-state index in [1.165, 1.54) is 11.1 Å². The molecule has 2 heteroatoms. The fraction of sp³-hybridized carbons (Fsp3) is 0.0667. The minimum atomic E-state index is 0.773. The molecule has 4 N–H and O–H groups in total. The van der Waals surface area contributed by atoms with E-state index in [2.05, 4.69) is 6.58 Å². The van der Waals surface area contributed by atoms with Gasteiger partial charge in [0, 0.05) is 11.4 Å². The van der Waals surface area contributed by atoms with E-state index >= 15 is 0 Å². The van der Waals surface area contributed by atoms with E-state index in [0.717, 1.165) is 23.4 Å². The average molecular weight is 224 g/mol. The molecule has 2 aromatic carbocycles. The number of allylic oxidation sites excluding steroid dienone is 1. The highest BCUT2D eigenvalue weighted by Gasteiger charge is 2.04. The fourth-order valence-electron chi connectivity index (χ4n) is 1.88. The summed E-state index contributed by atoms with van der Waals surface area (Å²) in [5.74, 6) is 0. The third kappa shape index (κ3) is 2.48. The van der Waals surface area contributed by atoms with Crippen LogP contribution >= 0.6 is 0 Å². The molecular weight excluding hydrogens is 208 g/mol. The lowest BCUT2D eigenvalue weighted by atomic mass is 9.97. The summed E-state index contributed by atoms with van der Waals surface area (Å²) < 4.78 is 0. The Morgan fingerprint density at radius 3 is 2.24 bits per heavy atom. The van der Waals surface area contributed by atoms with Crippen LogP contribution in [0.4, 0.5) is 11.4 Å². The molecule has 0 aliphatic carbocycles. The van der Waals surface area contributed by atoms with Gasteiger partial charge in [0.2, 0.25) is 0 Å². The Balaban J connectivity index is 2.50. The van der Waals surface area contributed by atoms with Gasteiger partial charge in [0.05, 0.1) is 0 Å². The van der Waals surface area contributed by atoms with Crippen LogP contribution in [0.5, 0.6) is 0 Å². The maximum absolute atomic E-state index is 5.81. The molecule has 0 fully saturated rings. The van der Waals surface area contributed by atoms with Crippen LogP contribution in [-0.4, -0.2) is 0 Å². The highest BCUT2D eigenvalue weighted by molar-refractivity contribution is 5.71. The second-order valence-corrected chi connectivity index (χ2v) is 4.03. The molecule has 17 heavy (non-hydrogen) atoms. The zero-order valence-electron chi connectivity index (χ0n) is 9.69. The molecule has 2 rings (SSSR count). The Morgan fingerprint density at radius 2 is 1.59 bits per heavy atom. The lowest BCUT2D eigenvalue weighted by Gasteiger charge is -2.09. The summed E-state index contributed by atoms with van der Waals surface area (Å²) in [5.41, 5.74) is 16.6. The quantitative estimate of drug-likeness (QED) is 0.621. The lowest BCUT2D eigenvalue weighted by molar-refractivity contribution is 1.28. The average Bonchev–Trinajstić information content (AvgIpc) is 2.31. The summed E-state index contributed by atoms with van der Waals surface area (Å²) in [7, 11) is 0. The van der Waals surface area contributed by atoms with Gasteiger partial charge in [-0.15, -0.1) is 6.58 Å². The van der Waals surface area contributed by atoms with Crippen LogP contribution in [-0.2, 0) is 6.42 Å². The zero-order chi connectivity index (χ0) is 12.3. The van der Waals surface area contributed by atoms with E-state index in [4.69, 9.17) is 11.5 Å². The number of hydrogen-bond acceptors (Lipinski definition) is 2. The molecule has 0 heterocycles. The van der Waals surface area contributed by atoms with Crippen molar-refractivity contribution in [2.45, 2.75) is 6.42 Å². The molecule has 0 aliphatic heterocycles. The van der Waals surface area contributed by atoms with E-state index in [1.54, 1.807) is 0 Å². The molecule has 0 atom stereocenters. The van der Waals surface area contributed by atoms with Crippen molar-refractivity contribution in [3.63, 3.8) is 0 Å². The Hall–Kier alpha value is -2.22. The van der Waals surface area contributed by atoms with Crippen molar-refractivity contribution in [1.82, 2.24) is 0 Å². The highest BCUT2D eigenvalue weighted by atomic mass is 14.5. The molecule has 0 aromatic heterocycles. The second-order valence-electron chi connectivity index (χ2n) is 4.03. The van der Waals surface area contributed by atoms with Gasteiger partial charge in [-0.2, -0.15) is 0 Å². The van der Waals surface area contributed by atoms with Crippen molar-refractivity contribution in [2.24, 2.45) is 0 Å². The van der Waals surface area contributed by atoms with Crippen molar-refractivity contribution in [3.8, 4) is 11.1 Å². The third-order valence-electron chi connectivity index (χ3n) is 2.72. The fourth-order valence-corrected chi connectivity index (χ4v) is 1.88. The SMILES string of the molecule is C=CCc1cc(N)ccc1-c1ccc(N)cc1. The summed E-state index contributed by atoms with van der Waals surface area (Å²) in [5, 5.41) is 0.